The summed E-state index contributed by atoms with van der Waals surface area (Å²) in [7, 11) is 0. The molecule has 0 aliphatic heterocycles. The second-order valence-corrected chi connectivity index (χ2v) is 3.87. The third-order valence-electron chi connectivity index (χ3n) is 2.15. The highest BCUT2D eigenvalue weighted by atomic mass is 19.4. The Labute approximate surface area is 119 Å². The lowest BCUT2D eigenvalue weighted by molar-refractivity contribution is -0.472. The van der Waals surface area contributed by atoms with E-state index in [4.69, 9.17) is 5.11 Å². The van der Waals surface area contributed by atoms with E-state index in [1.54, 1.807) is 0 Å². The molecule has 0 spiro atoms. The van der Waals surface area contributed by atoms with Crippen LogP contribution in [0.2, 0.25) is 0 Å². The Morgan fingerprint density at radius 3 is 1.65 bits per heavy atom. The number of ether oxygens (including phenoxy) is 1. The lowest BCUT2D eigenvalue weighted by Gasteiger charge is -2.30. The molecule has 23 heavy (non-hydrogen) atoms. The van der Waals surface area contributed by atoms with Crippen molar-refractivity contribution in [2.24, 2.45) is 0 Å². The van der Waals surface area contributed by atoms with Crippen molar-refractivity contribution >= 4 is 5.97 Å². The number of carbonyl (C=O) groups is 1. The number of rotatable bonds is 7. The fraction of sp³-hybridized carbons (Fsp3) is 0.667. The van der Waals surface area contributed by atoms with Crippen molar-refractivity contribution < 1.29 is 62.9 Å². The van der Waals surface area contributed by atoms with Gasteiger partial charge in [0, 0.05) is 6.42 Å². The summed E-state index contributed by atoms with van der Waals surface area (Å²) in [6, 6.07) is 0. The van der Waals surface area contributed by atoms with Crippen LogP contribution in [0.5, 0.6) is 0 Å². The van der Waals surface area contributed by atoms with Gasteiger partial charge in [-0.3, -0.25) is 4.74 Å². The quantitative estimate of drug-likeness (QED) is 0.534. The fourth-order valence-electron chi connectivity index (χ4n) is 1.02. The van der Waals surface area contributed by atoms with Gasteiger partial charge in [-0.2, -0.15) is 48.3 Å². The summed E-state index contributed by atoms with van der Waals surface area (Å²) in [4.78, 5) is 10.2. The molecule has 0 bridgehead atoms. The van der Waals surface area contributed by atoms with Gasteiger partial charge in [0.1, 0.15) is 5.57 Å². The molecule has 0 aromatic heterocycles. The van der Waals surface area contributed by atoms with Crippen molar-refractivity contribution in [1.82, 2.24) is 0 Å². The van der Waals surface area contributed by atoms with Gasteiger partial charge in [0.15, 0.2) is 0 Å². The van der Waals surface area contributed by atoms with Crippen LogP contribution < -0.4 is 0 Å². The van der Waals surface area contributed by atoms with Crippen LogP contribution in [0, 0.1) is 0 Å². The molecule has 0 saturated carbocycles. The van der Waals surface area contributed by atoms with Crippen LogP contribution in [0.15, 0.2) is 11.7 Å². The van der Waals surface area contributed by atoms with Crippen molar-refractivity contribution in [3.63, 3.8) is 0 Å². The largest absolute Gasteiger partial charge is 0.478 e. The second kappa shape index (κ2) is 6.49. The van der Waals surface area contributed by atoms with Crippen LogP contribution >= 0.6 is 0 Å². The SMILES string of the molecule is O=C(O)C(CCC(F)(F)OC(F)(F)C(F)(F)C(F)(F)F)=C(F)F. The molecule has 0 aliphatic rings. The normalized spacial score (nSPS) is 13.9. The number of halogens is 11. The van der Waals surface area contributed by atoms with Crippen LogP contribution in [-0.4, -0.2) is 35.4 Å². The molecule has 3 nitrogen and oxygen atoms in total. The number of carboxylic acid groups (broad SMARTS) is 1. The third kappa shape index (κ3) is 5.21. The van der Waals surface area contributed by atoms with Gasteiger partial charge in [-0.25, -0.2) is 4.79 Å². The molecule has 0 aliphatic carbocycles. The van der Waals surface area contributed by atoms with Crippen molar-refractivity contribution in [3.05, 3.63) is 11.7 Å². The highest BCUT2D eigenvalue weighted by Crippen LogP contribution is 2.49. The summed E-state index contributed by atoms with van der Waals surface area (Å²) in [5.41, 5.74) is -1.97. The Morgan fingerprint density at radius 2 is 1.35 bits per heavy atom. The van der Waals surface area contributed by atoms with E-state index in [-0.39, 0.29) is 0 Å². The predicted molar refractivity (Wildman–Crippen MR) is 48.1 cm³/mol. The van der Waals surface area contributed by atoms with Gasteiger partial charge in [0.2, 0.25) is 0 Å². The monoisotopic (exact) mass is 370 g/mol. The van der Waals surface area contributed by atoms with E-state index < -0.39 is 54.8 Å². The van der Waals surface area contributed by atoms with E-state index in [0.717, 1.165) is 0 Å². The highest BCUT2D eigenvalue weighted by molar-refractivity contribution is 5.86. The zero-order valence-corrected chi connectivity index (χ0v) is 10.3. The number of carboxylic acids is 1. The summed E-state index contributed by atoms with van der Waals surface area (Å²) < 4.78 is 137. The molecule has 0 fully saturated rings. The van der Waals surface area contributed by atoms with Crippen LogP contribution in [0.4, 0.5) is 48.3 Å². The van der Waals surface area contributed by atoms with E-state index >= 15 is 0 Å². The molecule has 0 atom stereocenters. The van der Waals surface area contributed by atoms with Gasteiger partial charge >= 0.3 is 30.3 Å². The minimum Gasteiger partial charge on any atom is -0.478 e. The number of aliphatic carboxylic acids is 1. The van der Waals surface area contributed by atoms with Gasteiger partial charge in [-0.05, 0) is 6.42 Å². The second-order valence-electron chi connectivity index (χ2n) is 3.87. The number of hydrogen-bond donors (Lipinski definition) is 1. The molecule has 0 radical (unpaired) electrons. The number of alkyl halides is 9. The maximum atomic E-state index is 12.9. The molecular weight excluding hydrogens is 365 g/mol. The van der Waals surface area contributed by atoms with Crippen molar-refractivity contribution in [1.29, 1.82) is 0 Å². The van der Waals surface area contributed by atoms with Crippen LogP contribution in [0.3, 0.4) is 0 Å². The van der Waals surface area contributed by atoms with E-state index in [9.17, 15) is 53.1 Å². The third-order valence-corrected chi connectivity index (χ3v) is 2.15. The number of hydrogen-bond acceptors (Lipinski definition) is 2. The highest BCUT2D eigenvalue weighted by Gasteiger charge is 2.76. The van der Waals surface area contributed by atoms with Crippen molar-refractivity contribution in [2.45, 2.75) is 37.2 Å². The summed E-state index contributed by atoms with van der Waals surface area (Å²) in [6.45, 7) is 0. The minimum atomic E-state index is -7.00. The first-order valence-corrected chi connectivity index (χ1v) is 5.12. The zero-order valence-electron chi connectivity index (χ0n) is 10.3. The molecule has 0 saturated heterocycles. The molecular formula is C9H5F11O3. The molecule has 0 aromatic rings. The van der Waals surface area contributed by atoms with E-state index in [2.05, 4.69) is 4.74 Å². The molecule has 136 valence electrons. The van der Waals surface area contributed by atoms with Gasteiger partial charge in [-0.1, -0.05) is 0 Å². The summed E-state index contributed by atoms with van der Waals surface area (Å²) in [5, 5.41) is 8.17. The average Bonchev–Trinajstić information content (AvgIpc) is 2.24. The van der Waals surface area contributed by atoms with Crippen LogP contribution in [0.1, 0.15) is 12.8 Å². The Hall–Kier alpha value is -1.60. The lowest BCUT2D eigenvalue weighted by atomic mass is 10.1. The van der Waals surface area contributed by atoms with Gasteiger partial charge in [0.25, 0.3) is 6.08 Å². The molecule has 1 N–H and O–H groups in total. The Balaban J connectivity index is 5.20. The Bertz CT molecular complexity index is 476. The molecule has 0 heterocycles. The standard InChI is InChI=1S/C9H5F11O3/c10-4(11)3(5(21)22)1-2-6(12,13)23-9(19,20)7(14,15)8(16,17)18/h1-2H2,(H,21,22). The van der Waals surface area contributed by atoms with E-state index in [0.29, 0.717) is 0 Å². The maximum absolute atomic E-state index is 12.9. The van der Waals surface area contributed by atoms with E-state index in [1.165, 1.54) is 0 Å². The predicted octanol–water partition coefficient (Wildman–Crippen LogP) is 4.40. The summed E-state index contributed by atoms with van der Waals surface area (Å²) in [6.07, 6.45) is -26.2. The molecule has 14 heteroatoms. The van der Waals surface area contributed by atoms with Gasteiger partial charge in [0.05, 0.1) is 0 Å². The van der Waals surface area contributed by atoms with Crippen molar-refractivity contribution in [2.75, 3.05) is 0 Å². The summed E-state index contributed by atoms with van der Waals surface area (Å²) >= 11 is 0. The van der Waals surface area contributed by atoms with E-state index in [1.807, 2.05) is 0 Å². The topological polar surface area (TPSA) is 46.5 Å². The summed E-state index contributed by atoms with van der Waals surface area (Å²) in [5.74, 6) is -9.42. The molecule has 0 aromatic carbocycles. The lowest BCUT2D eigenvalue weighted by Crippen LogP contribution is -2.55. The smallest absolute Gasteiger partial charge is 0.462 e. The first-order chi connectivity index (χ1) is 9.94. The maximum Gasteiger partial charge on any atom is 0.462 e. The minimum absolute atomic E-state index is 1.83. The molecule has 0 amide bonds. The van der Waals surface area contributed by atoms with Gasteiger partial charge in [-0.15, -0.1) is 0 Å². The fourth-order valence-corrected chi connectivity index (χ4v) is 1.02. The van der Waals surface area contributed by atoms with Crippen molar-refractivity contribution in [3.8, 4) is 0 Å². The van der Waals surface area contributed by atoms with Crippen LogP contribution in [0.25, 0.3) is 0 Å². The van der Waals surface area contributed by atoms with Crippen LogP contribution in [-0.2, 0) is 9.53 Å². The Morgan fingerprint density at radius 1 is 0.913 bits per heavy atom. The van der Waals surface area contributed by atoms with Gasteiger partial charge < -0.3 is 5.11 Å². The average molecular weight is 370 g/mol. The zero-order chi connectivity index (χ0) is 18.9. The first-order valence-electron chi connectivity index (χ1n) is 5.12. The first kappa shape index (κ1) is 21.4. The Kier molecular flexibility index (Phi) is 6.04. The molecule has 0 rings (SSSR count). The molecule has 0 unspecified atom stereocenters.